The van der Waals surface area contributed by atoms with Gasteiger partial charge >= 0.3 is 5.97 Å². The fraction of sp³-hybridized carbons (Fsp3) is 0.227. The van der Waals surface area contributed by atoms with Gasteiger partial charge in [-0.1, -0.05) is 24.3 Å². The molecular weight excluding hydrogens is 388 g/mol. The second-order valence-electron chi connectivity index (χ2n) is 7.20. The molecule has 0 bridgehead atoms. The molecule has 7 heteroatoms. The van der Waals surface area contributed by atoms with Gasteiger partial charge < -0.3 is 14.8 Å². The Labute approximate surface area is 169 Å². The zero-order chi connectivity index (χ0) is 20.0. The molecule has 0 spiro atoms. The third-order valence-corrected chi connectivity index (χ3v) is 6.48. The van der Waals surface area contributed by atoms with E-state index in [0.717, 1.165) is 42.0 Å². The quantitative estimate of drug-likeness (QED) is 0.500. The van der Waals surface area contributed by atoms with E-state index >= 15 is 0 Å². The molecule has 1 aliphatic rings. The number of H-pyrrole nitrogens is 1. The first-order valence-electron chi connectivity index (χ1n) is 9.52. The number of esters is 1. The van der Waals surface area contributed by atoms with Gasteiger partial charge in [-0.25, -0.2) is 9.78 Å². The monoisotopic (exact) mass is 406 g/mol. The van der Waals surface area contributed by atoms with Crippen LogP contribution in [-0.4, -0.2) is 21.0 Å². The number of aromatic amines is 1. The highest BCUT2D eigenvalue weighted by atomic mass is 32.1. The molecule has 4 aromatic rings. The highest BCUT2D eigenvalue weighted by Crippen LogP contribution is 2.33. The number of thiophene rings is 1. The Hall–Kier alpha value is -3.19. The molecular formula is C22H18N2O4S. The van der Waals surface area contributed by atoms with Crippen molar-refractivity contribution in [3.05, 3.63) is 68.6 Å². The summed E-state index contributed by atoms with van der Waals surface area (Å²) in [6.07, 6.45) is 4.13. The summed E-state index contributed by atoms with van der Waals surface area (Å²) in [6.45, 7) is -0.168. The van der Waals surface area contributed by atoms with E-state index in [-0.39, 0.29) is 23.5 Å². The molecule has 0 atom stereocenters. The molecule has 0 saturated carbocycles. The van der Waals surface area contributed by atoms with Crippen LogP contribution in [0.25, 0.3) is 21.0 Å². The second kappa shape index (κ2) is 7.00. The summed E-state index contributed by atoms with van der Waals surface area (Å²) in [5, 5.41) is 12.5. The number of hydrogen-bond donors (Lipinski definition) is 2. The van der Waals surface area contributed by atoms with Crippen LogP contribution >= 0.6 is 11.3 Å². The van der Waals surface area contributed by atoms with Crippen LogP contribution in [0, 0.1) is 0 Å². The molecule has 5 rings (SSSR count). The Kier molecular flexibility index (Phi) is 4.32. The minimum atomic E-state index is -0.665. The van der Waals surface area contributed by atoms with E-state index in [0.29, 0.717) is 16.0 Å². The first kappa shape index (κ1) is 17.9. The molecule has 0 amide bonds. The minimum absolute atomic E-state index is 0.0821. The molecule has 6 nitrogen and oxygen atoms in total. The molecule has 2 aromatic carbocycles. The Bertz CT molecular complexity index is 1320. The maximum absolute atomic E-state index is 12.6. The van der Waals surface area contributed by atoms with Crippen molar-refractivity contribution in [3.63, 3.8) is 0 Å². The number of carbonyl (C=O) groups is 1. The summed E-state index contributed by atoms with van der Waals surface area (Å²) < 4.78 is 5.32. The molecule has 1 aliphatic carbocycles. The van der Waals surface area contributed by atoms with Gasteiger partial charge in [0.2, 0.25) is 0 Å². The van der Waals surface area contributed by atoms with Crippen LogP contribution in [0.2, 0.25) is 0 Å². The number of hydrogen-bond acceptors (Lipinski definition) is 6. The van der Waals surface area contributed by atoms with Crippen LogP contribution in [0.4, 0.5) is 0 Å². The number of rotatable bonds is 3. The zero-order valence-corrected chi connectivity index (χ0v) is 16.3. The van der Waals surface area contributed by atoms with Gasteiger partial charge in [0.05, 0.1) is 5.39 Å². The van der Waals surface area contributed by atoms with Gasteiger partial charge in [0.1, 0.15) is 28.6 Å². The van der Waals surface area contributed by atoms with Crippen molar-refractivity contribution in [1.29, 1.82) is 0 Å². The van der Waals surface area contributed by atoms with Crippen molar-refractivity contribution in [3.8, 4) is 5.75 Å². The Morgan fingerprint density at radius 1 is 1.17 bits per heavy atom. The third kappa shape index (κ3) is 3.17. The number of phenols is 1. The Morgan fingerprint density at radius 3 is 2.76 bits per heavy atom. The Morgan fingerprint density at radius 2 is 1.93 bits per heavy atom. The molecule has 2 heterocycles. The van der Waals surface area contributed by atoms with Crippen LogP contribution in [-0.2, 0) is 24.2 Å². The molecule has 0 aliphatic heterocycles. The molecule has 146 valence electrons. The molecule has 0 radical (unpaired) electrons. The van der Waals surface area contributed by atoms with Gasteiger partial charge in [0, 0.05) is 4.88 Å². The van der Waals surface area contributed by atoms with E-state index in [4.69, 9.17) is 4.74 Å². The van der Waals surface area contributed by atoms with Crippen LogP contribution in [0.15, 0.2) is 41.2 Å². The Balaban J connectivity index is 1.41. The van der Waals surface area contributed by atoms with Gasteiger partial charge in [-0.3, -0.25) is 4.79 Å². The van der Waals surface area contributed by atoms with Gasteiger partial charge in [0.25, 0.3) is 5.56 Å². The summed E-state index contributed by atoms with van der Waals surface area (Å²) >= 11 is 1.55. The number of fused-ring (bicyclic) bond motifs is 4. The summed E-state index contributed by atoms with van der Waals surface area (Å²) in [7, 11) is 0. The number of carbonyl (C=O) groups excluding carboxylic acids is 1. The van der Waals surface area contributed by atoms with E-state index in [1.54, 1.807) is 17.4 Å². The number of aromatic nitrogens is 2. The van der Waals surface area contributed by atoms with Crippen LogP contribution in [0.5, 0.6) is 5.75 Å². The van der Waals surface area contributed by atoms with E-state index in [1.165, 1.54) is 10.9 Å². The highest BCUT2D eigenvalue weighted by molar-refractivity contribution is 7.18. The predicted molar refractivity (Wildman–Crippen MR) is 112 cm³/mol. The number of benzene rings is 2. The van der Waals surface area contributed by atoms with Gasteiger partial charge in [0.15, 0.2) is 0 Å². The average molecular weight is 406 g/mol. The lowest BCUT2D eigenvalue weighted by Gasteiger charge is -2.09. The number of aromatic hydroxyl groups is 1. The largest absolute Gasteiger partial charge is 0.507 e. The molecule has 0 fully saturated rings. The fourth-order valence-electron chi connectivity index (χ4n) is 3.88. The van der Waals surface area contributed by atoms with Crippen molar-refractivity contribution in [1.82, 2.24) is 9.97 Å². The number of nitrogens with one attached hydrogen (secondary N) is 1. The van der Waals surface area contributed by atoms with Gasteiger partial charge in [-0.15, -0.1) is 11.3 Å². The minimum Gasteiger partial charge on any atom is -0.507 e. The fourth-order valence-corrected chi connectivity index (χ4v) is 5.16. The number of nitrogens with zero attached hydrogens (tertiary/aromatic N) is 1. The molecule has 29 heavy (non-hydrogen) atoms. The molecule has 0 saturated heterocycles. The van der Waals surface area contributed by atoms with Crippen LogP contribution in [0.1, 0.15) is 39.5 Å². The number of ether oxygens (including phenoxy) is 1. The summed E-state index contributed by atoms with van der Waals surface area (Å²) in [4.78, 5) is 34.2. The zero-order valence-electron chi connectivity index (χ0n) is 15.5. The SMILES string of the molecule is O=C(OCc1nc2sc3c(c2c(=O)[nH]1)CCCC3)c1cc2ccccc2cc1O. The summed E-state index contributed by atoms with van der Waals surface area (Å²) in [5.41, 5.74) is 1.02. The van der Waals surface area contributed by atoms with Gasteiger partial charge in [-0.2, -0.15) is 0 Å². The van der Waals surface area contributed by atoms with Crippen LogP contribution in [0.3, 0.4) is 0 Å². The summed E-state index contributed by atoms with van der Waals surface area (Å²) in [6, 6.07) is 10.6. The number of phenolic OH excluding ortho intramolecular Hbond substituents is 1. The van der Waals surface area contributed by atoms with Crippen molar-refractivity contribution >= 4 is 38.3 Å². The van der Waals surface area contributed by atoms with Crippen molar-refractivity contribution in [2.75, 3.05) is 0 Å². The molecule has 0 unspecified atom stereocenters. The smallest absolute Gasteiger partial charge is 0.342 e. The number of aryl methyl sites for hydroxylation is 2. The van der Waals surface area contributed by atoms with E-state index in [1.807, 2.05) is 24.3 Å². The van der Waals surface area contributed by atoms with Crippen molar-refractivity contribution in [2.24, 2.45) is 0 Å². The molecule has 2 aromatic heterocycles. The second-order valence-corrected chi connectivity index (χ2v) is 8.28. The van der Waals surface area contributed by atoms with Crippen molar-refractivity contribution < 1.29 is 14.6 Å². The van der Waals surface area contributed by atoms with Gasteiger partial charge in [-0.05, 0) is 54.2 Å². The average Bonchev–Trinajstić information content (AvgIpc) is 3.10. The summed E-state index contributed by atoms with van der Waals surface area (Å²) in [5.74, 6) is -0.507. The topological polar surface area (TPSA) is 92.3 Å². The maximum Gasteiger partial charge on any atom is 0.342 e. The van der Waals surface area contributed by atoms with E-state index in [2.05, 4.69) is 9.97 Å². The highest BCUT2D eigenvalue weighted by Gasteiger charge is 2.20. The standard InChI is InChI=1S/C22H18N2O4S/c25-16-10-13-6-2-1-5-12(13)9-15(16)22(27)28-11-18-23-20(26)19-14-7-3-4-8-17(14)29-21(19)24-18/h1-2,5-6,9-10,25H,3-4,7-8,11H2,(H,23,24,26). The van der Waals surface area contributed by atoms with E-state index in [9.17, 15) is 14.7 Å². The van der Waals surface area contributed by atoms with E-state index < -0.39 is 5.97 Å². The normalized spacial score (nSPS) is 13.5. The lowest BCUT2D eigenvalue weighted by molar-refractivity contribution is 0.0459. The van der Waals surface area contributed by atoms with Crippen molar-refractivity contribution in [2.45, 2.75) is 32.3 Å². The first-order chi connectivity index (χ1) is 14.1. The predicted octanol–water partition coefficient (Wildman–Crippen LogP) is 4.08. The van der Waals surface area contributed by atoms with Crippen LogP contribution < -0.4 is 5.56 Å². The lowest BCUT2D eigenvalue weighted by Crippen LogP contribution is -2.15. The third-order valence-electron chi connectivity index (χ3n) is 5.30. The lowest BCUT2D eigenvalue weighted by atomic mass is 9.97. The maximum atomic E-state index is 12.6. The molecule has 2 N–H and O–H groups in total. The first-order valence-corrected chi connectivity index (χ1v) is 10.3.